The van der Waals surface area contributed by atoms with Crippen molar-refractivity contribution in [3.8, 4) is 11.1 Å². The van der Waals surface area contributed by atoms with Gasteiger partial charge in [0.2, 0.25) is 5.91 Å². The highest BCUT2D eigenvalue weighted by molar-refractivity contribution is 7.85. The second-order valence-corrected chi connectivity index (χ2v) is 12.8. The average Bonchev–Trinajstić information content (AvgIpc) is 3.47. The Morgan fingerprint density at radius 3 is 2.58 bits per heavy atom. The van der Waals surface area contributed by atoms with E-state index in [0.717, 1.165) is 40.8 Å². The summed E-state index contributed by atoms with van der Waals surface area (Å²) in [5.41, 5.74) is 4.37. The number of amides is 2. The van der Waals surface area contributed by atoms with Gasteiger partial charge in [0.15, 0.2) is 0 Å². The molecule has 1 aromatic heterocycles. The van der Waals surface area contributed by atoms with Gasteiger partial charge in [-0.1, -0.05) is 48.0 Å². The fraction of sp³-hybridized carbons (Fsp3) is 0.281. The lowest BCUT2D eigenvalue weighted by atomic mass is 9.93. The number of rotatable bonds is 11. The molecule has 236 valence electrons. The number of benzene rings is 3. The molecule has 9 nitrogen and oxygen atoms in total. The first-order chi connectivity index (χ1) is 21.4. The van der Waals surface area contributed by atoms with Crippen LogP contribution in [0.25, 0.3) is 11.1 Å². The van der Waals surface area contributed by atoms with E-state index in [0.29, 0.717) is 18.1 Å². The highest BCUT2D eigenvalue weighted by Crippen LogP contribution is 2.37. The van der Waals surface area contributed by atoms with Gasteiger partial charge in [-0.05, 0) is 66.3 Å². The smallest absolute Gasteiger partial charge is 0.283 e. The number of aromatic nitrogens is 2. The Morgan fingerprint density at radius 2 is 1.82 bits per heavy atom. The van der Waals surface area contributed by atoms with Crippen LogP contribution in [0.1, 0.15) is 52.7 Å². The number of carbonyl (C=O) groups excluding carboxylic acids is 2. The molecule has 13 heteroatoms. The maximum Gasteiger partial charge on any atom is 0.283 e. The molecule has 2 N–H and O–H groups in total. The van der Waals surface area contributed by atoms with Gasteiger partial charge >= 0.3 is 0 Å². The zero-order valence-corrected chi connectivity index (χ0v) is 25.7. The van der Waals surface area contributed by atoms with Crippen LogP contribution in [0.3, 0.4) is 0 Å². The van der Waals surface area contributed by atoms with Crippen molar-refractivity contribution in [3.63, 3.8) is 0 Å². The van der Waals surface area contributed by atoms with E-state index in [2.05, 4.69) is 10.4 Å². The largest absolute Gasteiger partial charge is 0.336 e. The Labute approximate surface area is 264 Å². The van der Waals surface area contributed by atoms with E-state index in [1.807, 2.05) is 24.4 Å². The fourth-order valence-corrected chi connectivity index (χ4v) is 5.87. The van der Waals surface area contributed by atoms with E-state index in [1.165, 1.54) is 30.3 Å². The summed E-state index contributed by atoms with van der Waals surface area (Å²) in [6, 6.07) is 17.8. The van der Waals surface area contributed by atoms with Crippen molar-refractivity contribution in [2.24, 2.45) is 0 Å². The molecule has 4 aromatic rings. The van der Waals surface area contributed by atoms with E-state index >= 15 is 0 Å². The van der Waals surface area contributed by atoms with Crippen molar-refractivity contribution in [2.75, 3.05) is 17.3 Å². The summed E-state index contributed by atoms with van der Waals surface area (Å²) in [5, 5.41) is 7.01. The Morgan fingerprint density at radius 1 is 1.07 bits per heavy atom. The molecule has 3 aromatic carbocycles. The maximum absolute atomic E-state index is 14.7. The van der Waals surface area contributed by atoms with Crippen molar-refractivity contribution >= 4 is 39.2 Å². The number of halogens is 3. The van der Waals surface area contributed by atoms with Gasteiger partial charge in [0, 0.05) is 53.0 Å². The van der Waals surface area contributed by atoms with Crippen LogP contribution >= 0.6 is 11.6 Å². The van der Waals surface area contributed by atoms with E-state index in [9.17, 15) is 26.8 Å². The van der Waals surface area contributed by atoms with E-state index in [1.54, 1.807) is 34.0 Å². The molecule has 0 saturated carbocycles. The van der Waals surface area contributed by atoms with Gasteiger partial charge in [-0.15, -0.1) is 0 Å². The van der Waals surface area contributed by atoms with Crippen LogP contribution in [-0.4, -0.2) is 47.0 Å². The number of carbonyl (C=O) groups is 2. The zero-order chi connectivity index (χ0) is 32.2. The van der Waals surface area contributed by atoms with Gasteiger partial charge in [0.1, 0.15) is 5.88 Å². The van der Waals surface area contributed by atoms with E-state index in [-0.39, 0.29) is 29.9 Å². The minimum absolute atomic E-state index is 0.00230. The molecule has 1 aliphatic rings. The van der Waals surface area contributed by atoms with Gasteiger partial charge in [-0.3, -0.25) is 18.8 Å². The van der Waals surface area contributed by atoms with Crippen molar-refractivity contribution in [1.82, 2.24) is 15.1 Å². The first-order valence-electron chi connectivity index (χ1n) is 14.3. The first kappa shape index (κ1) is 32.3. The van der Waals surface area contributed by atoms with Crippen molar-refractivity contribution in [2.45, 2.75) is 44.6 Å². The lowest BCUT2D eigenvalue weighted by molar-refractivity contribution is -0.119. The number of anilines is 1. The molecule has 1 aliphatic heterocycles. The van der Waals surface area contributed by atoms with Crippen LogP contribution in [0.5, 0.6) is 0 Å². The molecule has 0 radical (unpaired) electrons. The molecule has 2 heterocycles. The van der Waals surface area contributed by atoms with Crippen LogP contribution in [0.15, 0.2) is 79.1 Å². The summed E-state index contributed by atoms with van der Waals surface area (Å²) in [7, 11) is -4.34. The van der Waals surface area contributed by atoms with Gasteiger partial charge in [-0.2, -0.15) is 13.5 Å². The van der Waals surface area contributed by atoms with Crippen molar-refractivity contribution in [1.29, 1.82) is 0 Å². The summed E-state index contributed by atoms with van der Waals surface area (Å²) >= 11 is 5.82. The lowest BCUT2D eigenvalue weighted by Gasteiger charge is -2.31. The minimum Gasteiger partial charge on any atom is -0.336 e. The number of hydrogen-bond donors (Lipinski definition) is 2. The number of fused-ring (bicyclic) bond motifs is 1. The number of alkyl halides is 2. The van der Waals surface area contributed by atoms with Crippen molar-refractivity contribution in [3.05, 3.63) is 106 Å². The second-order valence-electron chi connectivity index (χ2n) is 10.9. The molecule has 0 saturated heterocycles. The lowest BCUT2D eigenvalue weighted by Crippen LogP contribution is -2.35. The van der Waals surface area contributed by atoms with E-state index in [4.69, 9.17) is 16.2 Å². The molecule has 0 atom stereocenters. The first-order valence-corrected chi connectivity index (χ1v) is 16.3. The van der Waals surface area contributed by atoms with Crippen molar-refractivity contribution < 1.29 is 31.3 Å². The van der Waals surface area contributed by atoms with E-state index < -0.39 is 34.2 Å². The van der Waals surface area contributed by atoms with Gasteiger partial charge in [-0.25, -0.2) is 8.78 Å². The summed E-state index contributed by atoms with van der Waals surface area (Å²) < 4.78 is 61.9. The van der Waals surface area contributed by atoms with Gasteiger partial charge in [0.05, 0.1) is 12.7 Å². The summed E-state index contributed by atoms with van der Waals surface area (Å²) in [4.78, 5) is 27.2. The van der Waals surface area contributed by atoms with Crippen LogP contribution in [-0.2, 0) is 33.8 Å². The molecular weight excluding hydrogens is 626 g/mol. The predicted molar refractivity (Wildman–Crippen MR) is 167 cm³/mol. The molecule has 0 bridgehead atoms. The maximum atomic E-state index is 14.7. The third-order valence-corrected chi connectivity index (χ3v) is 8.35. The van der Waals surface area contributed by atoms with Crippen LogP contribution < -0.4 is 10.2 Å². The number of nitrogens with one attached hydrogen (secondary N) is 1. The topological polar surface area (TPSA) is 122 Å². The molecule has 45 heavy (non-hydrogen) atoms. The second kappa shape index (κ2) is 13.5. The molecular formula is C32H31ClF2N4O5S. The monoisotopic (exact) mass is 656 g/mol. The van der Waals surface area contributed by atoms with Crippen LogP contribution in [0.4, 0.5) is 14.5 Å². The van der Waals surface area contributed by atoms with Crippen LogP contribution in [0.2, 0.25) is 5.02 Å². The molecule has 5 rings (SSSR count). The minimum atomic E-state index is -4.34. The third kappa shape index (κ3) is 8.13. The average molecular weight is 657 g/mol. The SMILES string of the molecule is O=C(NCS(=O)(=O)O)c1cccc(Cn2cc(-c3cccc4c3CCCN4C(=O)CCCC(F)(F)c3ccc(Cl)cc3)cn2)c1. The van der Waals surface area contributed by atoms with Crippen LogP contribution in [0, 0.1) is 0 Å². The number of hydrogen-bond acceptors (Lipinski definition) is 5. The Balaban J connectivity index is 1.25. The summed E-state index contributed by atoms with van der Waals surface area (Å²) in [5.74, 6) is -4.78. The predicted octanol–water partition coefficient (Wildman–Crippen LogP) is 6.07. The van der Waals surface area contributed by atoms with Gasteiger partial charge in [0.25, 0.3) is 21.9 Å². The third-order valence-electron chi connectivity index (χ3n) is 7.59. The fourth-order valence-electron chi connectivity index (χ4n) is 5.43. The highest BCUT2D eigenvalue weighted by Gasteiger charge is 2.32. The molecule has 0 aliphatic carbocycles. The Bertz CT molecular complexity index is 1810. The summed E-state index contributed by atoms with van der Waals surface area (Å²) in [6.45, 7) is 0.843. The highest BCUT2D eigenvalue weighted by atomic mass is 35.5. The normalized spacial score (nSPS) is 13.4. The Kier molecular flexibility index (Phi) is 9.66. The standard InChI is InChI=1S/C32H31ClF2N4O5S/c33-26-13-11-25(12-14-26)32(34,35)15-3-10-30(40)39-16-4-8-28-27(7-2-9-29(28)39)24-18-37-38(20-24)19-22-5-1-6-23(17-22)31(41)36-21-45(42,43)44/h1-2,5-7,9,11-14,17-18,20H,3-4,8,10,15-16,19,21H2,(H,36,41)(H,42,43,44). The van der Waals surface area contributed by atoms with Gasteiger partial charge < -0.3 is 10.2 Å². The zero-order valence-electron chi connectivity index (χ0n) is 24.1. The summed E-state index contributed by atoms with van der Waals surface area (Å²) in [6.07, 6.45) is 4.65. The molecule has 0 fully saturated rings. The number of nitrogens with zero attached hydrogens (tertiary/aromatic N) is 3. The molecule has 2 amide bonds. The quantitative estimate of drug-likeness (QED) is 0.189. The Hall–Kier alpha value is -4.13. The molecule has 0 spiro atoms. The molecule has 0 unspecified atom stereocenters.